The molecule has 4 aromatic rings. The number of benzene rings is 4. The zero-order valence-electron chi connectivity index (χ0n) is 17.4. The monoisotopic (exact) mass is 470 g/mol. The van der Waals surface area contributed by atoms with Crippen LogP contribution in [0.1, 0.15) is 34.1 Å². The second-order valence-corrected chi connectivity index (χ2v) is 7.80. The molecule has 0 heterocycles. The van der Waals surface area contributed by atoms with E-state index in [2.05, 4.69) is 0 Å². The normalized spacial score (nSPS) is 11.4. The van der Waals surface area contributed by atoms with Gasteiger partial charge >= 0.3 is 0 Å². The minimum atomic E-state index is -1.27. The Morgan fingerprint density at radius 1 is 0.412 bits per heavy atom. The van der Waals surface area contributed by atoms with Crippen LogP contribution in [0.3, 0.4) is 0 Å². The molecule has 8 heteroatoms. The number of phenols is 4. The van der Waals surface area contributed by atoms with Gasteiger partial charge in [-0.3, -0.25) is 0 Å². The topological polar surface area (TPSA) is 80.9 Å². The largest absolute Gasteiger partial charge is 0.508 e. The van der Waals surface area contributed by atoms with Crippen molar-refractivity contribution in [3.63, 3.8) is 0 Å². The number of hydrogen-bond donors (Lipinski definition) is 4. The highest BCUT2D eigenvalue weighted by Crippen LogP contribution is 2.45. The van der Waals surface area contributed by atoms with E-state index < -0.39 is 46.6 Å². The second kappa shape index (κ2) is 8.97. The summed E-state index contributed by atoms with van der Waals surface area (Å²) in [5.41, 5.74) is 0.916. The molecule has 0 radical (unpaired) electrons. The third-order valence-electron chi connectivity index (χ3n) is 5.63. The second-order valence-electron chi connectivity index (χ2n) is 7.80. The van der Waals surface area contributed by atoms with E-state index in [1.807, 2.05) is 0 Å². The Morgan fingerprint density at radius 2 is 0.676 bits per heavy atom. The van der Waals surface area contributed by atoms with E-state index in [4.69, 9.17) is 0 Å². The Balaban J connectivity index is 2.04. The fourth-order valence-corrected chi connectivity index (χ4v) is 4.05. The Bertz CT molecular complexity index is 1190. The van der Waals surface area contributed by atoms with Gasteiger partial charge in [0.2, 0.25) is 0 Å². The molecule has 4 aromatic carbocycles. The minimum Gasteiger partial charge on any atom is -0.508 e. The fourth-order valence-electron chi connectivity index (χ4n) is 4.05. The summed E-state index contributed by atoms with van der Waals surface area (Å²) in [6.07, 6.45) is 0. The molecule has 0 saturated carbocycles. The highest BCUT2D eigenvalue weighted by Gasteiger charge is 2.31. The van der Waals surface area contributed by atoms with Gasteiger partial charge in [-0.1, -0.05) is 24.3 Å². The maximum Gasteiger partial charge on any atom is 0.187 e. The Labute approximate surface area is 191 Å². The van der Waals surface area contributed by atoms with Crippen LogP contribution in [-0.4, -0.2) is 20.4 Å². The Kier molecular flexibility index (Phi) is 6.06. The van der Waals surface area contributed by atoms with Crippen molar-refractivity contribution in [1.82, 2.24) is 0 Å². The van der Waals surface area contributed by atoms with Crippen molar-refractivity contribution >= 4 is 0 Å². The van der Waals surface area contributed by atoms with Crippen LogP contribution in [0.25, 0.3) is 0 Å². The molecule has 34 heavy (non-hydrogen) atoms. The van der Waals surface area contributed by atoms with Gasteiger partial charge in [-0.2, -0.15) is 0 Å². The van der Waals surface area contributed by atoms with Gasteiger partial charge in [0.25, 0.3) is 0 Å². The van der Waals surface area contributed by atoms with Crippen LogP contribution in [0.4, 0.5) is 17.6 Å². The third-order valence-corrected chi connectivity index (χ3v) is 5.63. The lowest BCUT2D eigenvalue weighted by molar-refractivity contribution is 0.392. The van der Waals surface area contributed by atoms with Crippen molar-refractivity contribution < 1.29 is 38.0 Å². The first kappa shape index (κ1) is 23.0. The lowest BCUT2D eigenvalue weighted by Crippen LogP contribution is -2.16. The van der Waals surface area contributed by atoms with E-state index in [0.717, 1.165) is 24.3 Å². The highest BCUT2D eigenvalue weighted by molar-refractivity contribution is 5.48. The standard InChI is InChI=1S/C26H18F4O4/c27-19-9-15(10-20(28)25(19)33)24(16-11-21(29)26(34)22(30)12-16)23(13-1-5-17(31)6-2-13)14-3-7-18(32)8-4-14/h1-12,23-24,31-34H. The van der Waals surface area contributed by atoms with Gasteiger partial charge in [-0.05, 0) is 70.8 Å². The van der Waals surface area contributed by atoms with Crippen LogP contribution in [0.5, 0.6) is 23.0 Å². The van der Waals surface area contributed by atoms with E-state index >= 15 is 0 Å². The van der Waals surface area contributed by atoms with Crippen molar-refractivity contribution in [1.29, 1.82) is 0 Å². The van der Waals surface area contributed by atoms with E-state index in [-0.39, 0.29) is 22.6 Å². The maximum absolute atomic E-state index is 14.4. The molecule has 0 saturated heterocycles. The van der Waals surface area contributed by atoms with E-state index in [1.165, 1.54) is 24.3 Å². The van der Waals surface area contributed by atoms with Crippen LogP contribution in [0, 0.1) is 23.3 Å². The molecular weight excluding hydrogens is 452 g/mol. The van der Waals surface area contributed by atoms with E-state index in [9.17, 15) is 38.0 Å². The number of hydrogen-bond acceptors (Lipinski definition) is 4. The molecule has 0 unspecified atom stereocenters. The molecule has 0 aliphatic carbocycles. The van der Waals surface area contributed by atoms with E-state index in [1.54, 1.807) is 24.3 Å². The first-order valence-corrected chi connectivity index (χ1v) is 10.1. The summed E-state index contributed by atoms with van der Waals surface area (Å²) in [6, 6.07) is 15.1. The zero-order chi connectivity index (χ0) is 24.6. The average molecular weight is 470 g/mol. The van der Waals surface area contributed by atoms with Crippen LogP contribution in [0.15, 0.2) is 72.8 Å². The van der Waals surface area contributed by atoms with Crippen molar-refractivity contribution in [3.05, 3.63) is 118 Å². The Morgan fingerprint density at radius 3 is 0.971 bits per heavy atom. The van der Waals surface area contributed by atoms with Crippen molar-refractivity contribution in [3.8, 4) is 23.0 Å². The van der Waals surface area contributed by atoms with Crippen LogP contribution < -0.4 is 0 Å². The highest BCUT2D eigenvalue weighted by atomic mass is 19.1. The quantitative estimate of drug-likeness (QED) is 0.269. The molecule has 4 rings (SSSR count). The molecule has 0 atom stereocenters. The van der Waals surface area contributed by atoms with Gasteiger partial charge in [0, 0.05) is 11.8 Å². The third kappa shape index (κ3) is 4.34. The minimum absolute atomic E-state index is 0.0480. The number of halogens is 4. The van der Waals surface area contributed by atoms with Crippen LogP contribution >= 0.6 is 0 Å². The van der Waals surface area contributed by atoms with Crippen molar-refractivity contribution in [2.75, 3.05) is 0 Å². The fraction of sp³-hybridized carbons (Fsp3) is 0.0769. The predicted molar refractivity (Wildman–Crippen MR) is 116 cm³/mol. The predicted octanol–water partition coefficient (Wildman–Crippen LogP) is 6.03. The molecule has 0 amide bonds. The number of aromatic hydroxyl groups is 4. The molecule has 0 spiro atoms. The summed E-state index contributed by atoms with van der Waals surface area (Å²) < 4.78 is 57.5. The zero-order valence-corrected chi connectivity index (χ0v) is 17.4. The van der Waals surface area contributed by atoms with Gasteiger partial charge in [0.15, 0.2) is 34.8 Å². The molecule has 0 aromatic heterocycles. The SMILES string of the molecule is Oc1ccc(C(c2ccc(O)cc2)C(c2cc(F)c(O)c(F)c2)c2cc(F)c(O)c(F)c2)cc1. The van der Waals surface area contributed by atoms with Crippen molar-refractivity contribution in [2.45, 2.75) is 11.8 Å². The summed E-state index contributed by atoms with van der Waals surface area (Å²) in [7, 11) is 0. The first-order valence-electron chi connectivity index (χ1n) is 10.1. The molecule has 4 nitrogen and oxygen atoms in total. The van der Waals surface area contributed by atoms with Gasteiger partial charge < -0.3 is 20.4 Å². The molecule has 0 aliphatic rings. The first-order chi connectivity index (χ1) is 16.2. The number of phenolic OH excluding ortho intramolecular Hbond substituents is 4. The lowest BCUT2D eigenvalue weighted by atomic mass is 9.73. The lowest BCUT2D eigenvalue weighted by Gasteiger charge is -2.30. The smallest absolute Gasteiger partial charge is 0.187 e. The summed E-state index contributed by atoms with van der Waals surface area (Å²) in [4.78, 5) is 0. The summed E-state index contributed by atoms with van der Waals surface area (Å²) >= 11 is 0. The molecule has 0 aliphatic heterocycles. The van der Waals surface area contributed by atoms with Crippen LogP contribution in [-0.2, 0) is 0 Å². The molecule has 0 bridgehead atoms. The number of rotatable bonds is 5. The average Bonchev–Trinajstić information content (AvgIpc) is 2.80. The Hall–Kier alpha value is -4.20. The van der Waals surface area contributed by atoms with Gasteiger partial charge in [0.05, 0.1) is 0 Å². The summed E-state index contributed by atoms with van der Waals surface area (Å²) in [5.74, 6) is -9.51. The molecule has 174 valence electrons. The molecule has 0 fully saturated rings. The van der Waals surface area contributed by atoms with E-state index in [0.29, 0.717) is 11.1 Å². The molecule has 4 N–H and O–H groups in total. The summed E-state index contributed by atoms with van der Waals surface area (Å²) in [5, 5.41) is 38.6. The molecular formula is C26H18F4O4. The van der Waals surface area contributed by atoms with Gasteiger partial charge in [-0.15, -0.1) is 0 Å². The van der Waals surface area contributed by atoms with Crippen LogP contribution in [0.2, 0.25) is 0 Å². The van der Waals surface area contributed by atoms with Gasteiger partial charge in [-0.25, -0.2) is 17.6 Å². The maximum atomic E-state index is 14.4. The summed E-state index contributed by atoms with van der Waals surface area (Å²) in [6.45, 7) is 0. The van der Waals surface area contributed by atoms with Gasteiger partial charge in [0.1, 0.15) is 11.5 Å². The van der Waals surface area contributed by atoms with Crippen molar-refractivity contribution in [2.24, 2.45) is 0 Å².